The van der Waals surface area contributed by atoms with E-state index in [1.165, 1.54) is 4.90 Å². The van der Waals surface area contributed by atoms with E-state index in [9.17, 15) is 5.11 Å². The number of benzene rings is 1. The Labute approximate surface area is 118 Å². The molecule has 0 aliphatic carbocycles. The van der Waals surface area contributed by atoms with Gasteiger partial charge in [0.25, 0.3) is 0 Å². The largest absolute Gasteiger partial charge is 0.508 e. The van der Waals surface area contributed by atoms with E-state index >= 15 is 0 Å². The average molecular weight is 277 g/mol. The van der Waals surface area contributed by atoms with Gasteiger partial charge >= 0.3 is 0 Å². The number of hydrogen-bond donors (Lipinski definition) is 3. The lowest BCUT2D eigenvalue weighted by Crippen LogP contribution is -3.21. The normalized spacial score (nSPS) is 42.6. The minimum atomic E-state index is -0.543. The highest BCUT2D eigenvalue weighted by atomic mass is 16.8. The smallest absolute Gasteiger partial charge is 0.244 e. The summed E-state index contributed by atoms with van der Waals surface area (Å²) < 4.78 is 5.84. The zero-order valence-corrected chi connectivity index (χ0v) is 11.6. The van der Waals surface area contributed by atoms with Crippen LogP contribution in [0.4, 0.5) is 0 Å². The van der Waals surface area contributed by atoms with Gasteiger partial charge in [-0.1, -0.05) is 18.2 Å². The summed E-state index contributed by atoms with van der Waals surface area (Å²) in [7, 11) is 1.74. The average Bonchev–Trinajstić information content (AvgIpc) is 2.92. The topological polar surface area (TPSA) is 55.2 Å². The number of ether oxygens (including phenoxy) is 1. The van der Waals surface area contributed by atoms with Gasteiger partial charge in [0, 0.05) is 31.4 Å². The van der Waals surface area contributed by atoms with Crippen molar-refractivity contribution in [2.45, 2.75) is 30.7 Å². The molecule has 0 saturated carbocycles. The molecule has 2 bridgehead atoms. The van der Waals surface area contributed by atoms with Gasteiger partial charge in [-0.2, -0.15) is 5.48 Å². The molecular formula is C15H21N2O3+. The van der Waals surface area contributed by atoms with Crippen LogP contribution in [0.25, 0.3) is 0 Å². The Morgan fingerprint density at radius 2 is 2.10 bits per heavy atom. The van der Waals surface area contributed by atoms with Gasteiger partial charge in [0.2, 0.25) is 5.79 Å². The second-order valence-corrected chi connectivity index (χ2v) is 6.09. The Hall–Kier alpha value is -1.14. The maximum atomic E-state index is 10.1. The number of piperidine rings is 3. The number of aromatic hydroxyl groups is 1. The highest BCUT2D eigenvalue weighted by Gasteiger charge is 2.66. The first-order chi connectivity index (χ1) is 9.76. The molecule has 0 radical (unpaired) electrons. The number of methoxy groups -OCH3 is 1. The number of rotatable bonds is 2. The lowest BCUT2D eigenvalue weighted by atomic mass is 9.74. The molecule has 4 heterocycles. The number of phenolic OH excluding ortho intramolecular Hbond substituents is 1. The summed E-state index contributed by atoms with van der Waals surface area (Å²) in [5, 5.41) is 10.1. The molecule has 0 unspecified atom stereocenters. The predicted octanol–water partition coefficient (Wildman–Crippen LogP) is -0.0121. The van der Waals surface area contributed by atoms with Crippen molar-refractivity contribution in [2.24, 2.45) is 5.92 Å². The SMILES string of the molecule is CO[C@]12ON[C@@H](c3ccccc3O)[C@H]1[NH+]1CCC2CC1. The Balaban J connectivity index is 1.76. The molecule has 0 spiro atoms. The van der Waals surface area contributed by atoms with Crippen molar-refractivity contribution < 1.29 is 19.6 Å². The zero-order valence-electron chi connectivity index (χ0n) is 11.6. The Bertz CT molecular complexity index is 516. The van der Waals surface area contributed by atoms with Crippen LogP contribution in [0.15, 0.2) is 24.3 Å². The third-order valence-corrected chi connectivity index (χ3v) is 5.34. The minimum absolute atomic E-state index is 0.0192. The molecule has 5 rings (SSSR count). The summed E-state index contributed by atoms with van der Waals surface area (Å²) >= 11 is 0. The van der Waals surface area contributed by atoms with Gasteiger partial charge in [-0.15, -0.1) is 0 Å². The molecule has 3 N–H and O–H groups in total. The molecule has 4 saturated heterocycles. The summed E-state index contributed by atoms with van der Waals surface area (Å²) in [4.78, 5) is 7.47. The van der Waals surface area contributed by atoms with Crippen molar-refractivity contribution in [3.63, 3.8) is 0 Å². The second kappa shape index (κ2) is 4.43. The second-order valence-electron chi connectivity index (χ2n) is 6.09. The molecule has 5 nitrogen and oxygen atoms in total. The number of nitrogens with one attached hydrogen (secondary N) is 2. The van der Waals surface area contributed by atoms with Crippen LogP contribution in [0.3, 0.4) is 0 Å². The lowest BCUT2D eigenvalue weighted by molar-refractivity contribution is -0.955. The van der Waals surface area contributed by atoms with Crippen molar-refractivity contribution in [3.05, 3.63) is 29.8 Å². The van der Waals surface area contributed by atoms with E-state index in [0.717, 1.165) is 31.5 Å². The van der Waals surface area contributed by atoms with E-state index in [1.807, 2.05) is 18.2 Å². The van der Waals surface area contributed by atoms with Gasteiger partial charge in [0.1, 0.15) is 11.8 Å². The maximum Gasteiger partial charge on any atom is 0.244 e. The molecule has 4 fully saturated rings. The summed E-state index contributed by atoms with van der Waals surface area (Å²) in [6.45, 7) is 2.32. The van der Waals surface area contributed by atoms with E-state index in [4.69, 9.17) is 9.57 Å². The van der Waals surface area contributed by atoms with Crippen LogP contribution in [-0.2, 0) is 9.57 Å². The fourth-order valence-electron chi connectivity index (χ4n) is 4.41. The molecule has 3 atom stereocenters. The molecular weight excluding hydrogens is 256 g/mol. The molecule has 1 aromatic carbocycles. The summed E-state index contributed by atoms with van der Waals surface area (Å²) in [6, 6.07) is 7.68. The molecule has 108 valence electrons. The van der Waals surface area contributed by atoms with Crippen LogP contribution in [0, 0.1) is 5.92 Å². The van der Waals surface area contributed by atoms with Gasteiger partial charge in [0.15, 0.2) is 6.04 Å². The molecule has 4 aliphatic heterocycles. The summed E-state index contributed by atoms with van der Waals surface area (Å²) in [6.07, 6.45) is 2.30. The first kappa shape index (κ1) is 12.6. The van der Waals surface area contributed by atoms with E-state index in [-0.39, 0.29) is 12.1 Å². The van der Waals surface area contributed by atoms with Crippen LogP contribution in [-0.4, -0.2) is 37.1 Å². The van der Waals surface area contributed by atoms with Crippen molar-refractivity contribution in [3.8, 4) is 5.75 Å². The first-order valence-electron chi connectivity index (χ1n) is 7.37. The molecule has 0 amide bonds. The number of phenols is 1. The standard InChI is InChI=1S/C15H20N2O3/c1-19-15-10-6-8-17(9-7-10)14(15)13(16-20-15)11-4-2-3-5-12(11)18/h2-5,10,13-14,16,18H,6-9H2,1H3/p+1/t13-,14+,15+/m0/s1. The molecule has 5 heteroatoms. The fourth-order valence-corrected chi connectivity index (χ4v) is 4.41. The third-order valence-electron chi connectivity index (χ3n) is 5.34. The van der Waals surface area contributed by atoms with Crippen molar-refractivity contribution >= 4 is 0 Å². The maximum absolute atomic E-state index is 10.1. The molecule has 4 aliphatic rings. The highest BCUT2D eigenvalue weighted by molar-refractivity contribution is 5.36. The van der Waals surface area contributed by atoms with Gasteiger partial charge in [-0.05, 0) is 6.07 Å². The van der Waals surface area contributed by atoms with Gasteiger partial charge in [-0.3, -0.25) is 4.84 Å². The van der Waals surface area contributed by atoms with E-state index in [0.29, 0.717) is 11.7 Å². The van der Waals surface area contributed by atoms with Crippen LogP contribution < -0.4 is 10.4 Å². The first-order valence-corrected chi connectivity index (χ1v) is 7.37. The van der Waals surface area contributed by atoms with Gasteiger partial charge < -0.3 is 14.7 Å². The quantitative estimate of drug-likeness (QED) is 0.711. The monoisotopic (exact) mass is 277 g/mol. The number of fused-ring (bicyclic) bond motifs is 2. The Kier molecular flexibility index (Phi) is 2.79. The van der Waals surface area contributed by atoms with E-state index in [2.05, 4.69) is 5.48 Å². The van der Waals surface area contributed by atoms with Crippen molar-refractivity contribution in [1.29, 1.82) is 0 Å². The van der Waals surface area contributed by atoms with Crippen LogP contribution in [0.2, 0.25) is 0 Å². The number of para-hydroxylation sites is 1. The van der Waals surface area contributed by atoms with Crippen molar-refractivity contribution in [1.82, 2.24) is 5.48 Å². The van der Waals surface area contributed by atoms with Crippen LogP contribution in [0.1, 0.15) is 24.4 Å². The summed E-state index contributed by atoms with van der Waals surface area (Å²) in [5.74, 6) is 0.222. The number of hydroxylamine groups is 1. The predicted molar refractivity (Wildman–Crippen MR) is 72.0 cm³/mol. The lowest BCUT2D eigenvalue weighted by Gasteiger charge is -2.50. The number of quaternary nitrogens is 1. The van der Waals surface area contributed by atoms with Crippen LogP contribution >= 0.6 is 0 Å². The summed E-state index contributed by atoms with van der Waals surface area (Å²) in [5.41, 5.74) is 4.04. The third kappa shape index (κ3) is 1.52. The Morgan fingerprint density at radius 1 is 1.35 bits per heavy atom. The Morgan fingerprint density at radius 3 is 2.80 bits per heavy atom. The highest BCUT2D eigenvalue weighted by Crippen LogP contribution is 2.45. The van der Waals surface area contributed by atoms with Crippen LogP contribution in [0.5, 0.6) is 5.75 Å². The number of hydrogen-bond acceptors (Lipinski definition) is 4. The van der Waals surface area contributed by atoms with E-state index in [1.54, 1.807) is 13.2 Å². The van der Waals surface area contributed by atoms with E-state index < -0.39 is 5.79 Å². The molecule has 1 aromatic rings. The van der Waals surface area contributed by atoms with Gasteiger partial charge in [-0.25, -0.2) is 0 Å². The van der Waals surface area contributed by atoms with Gasteiger partial charge in [0.05, 0.1) is 13.1 Å². The van der Waals surface area contributed by atoms with Crippen molar-refractivity contribution in [2.75, 3.05) is 20.2 Å². The zero-order chi connectivity index (χ0) is 13.7. The molecule has 20 heavy (non-hydrogen) atoms. The minimum Gasteiger partial charge on any atom is -0.508 e. The molecule has 0 aromatic heterocycles. The fraction of sp³-hybridized carbons (Fsp3) is 0.600.